The van der Waals surface area contributed by atoms with Crippen LogP contribution in [0.1, 0.15) is 10.4 Å². The van der Waals surface area contributed by atoms with Gasteiger partial charge in [0.1, 0.15) is 6.54 Å². The first-order valence-corrected chi connectivity index (χ1v) is 6.91. The Morgan fingerprint density at radius 2 is 2.10 bits per heavy atom. The van der Waals surface area contributed by atoms with Crippen molar-refractivity contribution in [1.82, 2.24) is 9.80 Å². The van der Waals surface area contributed by atoms with Crippen LogP contribution in [-0.2, 0) is 9.53 Å². The van der Waals surface area contributed by atoms with Gasteiger partial charge in [-0.25, -0.2) is 0 Å². The molecule has 1 aromatic carbocycles. The fourth-order valence-electron chi connectivity index (χ4n) is 2.38. The second-order valence-corrected chi connectivity index (χ2v) is 5.00. The van der Waals surface area contributed by atoms with Crippen LogP contribution in [0.2, 0.25) is 0 Å². The first-order chi connectivity index (χ1) is 10.2. The van der Waals surface area contributed by atoms with Crippen LogP contribution < -0.4 is 0 Å². The molecule has 2 rings (SSSR count). The fraction of sp³-hybridized carbons (Fsp3) is 0.375. The summed E-state index contributed by atoms with van der Waals surface area (Å²) in [6, 6.07) is 8.98. The highest BCUT2D eigenvalue weighted by atomic mass is 16.5. The molecule has 2 amide bonds. The molecule has 21 heavy (non-hydrogen) atoms. The Balaban J connectivity index is 2.18. The smallest absolute Gasteiger partial charge is 0.254 e. The molecule has 0 aromatic heterocycles. The van der Waals surface area contributed by atoms with Crippen LogP contribution in [0.5, 0.6) is 0 Å². The minimum absolute atomic E-state index is 0.0709. The average molecular weight is 288 g/mol. The molecule has 5 heteroatoms. The first-order valence-electron chi connectivity index (χ1n) is 6.91. The Labute approximate surface area is 124 Å². The standard InChI is InChI=1S/C16H20N2O3/c1-3-9-17-10-14(21-2)11-18(12-15(17)19)16(20)13-7-5-4-6-8-13/h3-8,14H,1,9-12H2,2H3. The number of rotatable bonds is 4. The number of amides is 2. The molecule has 1 heterocycles. The largest absolute Gasteiger partial charge is 0.378 e. The van der Waals surface area contributed by atoms with E-state index in [0.29, 0.717) is 25.2 Å². The highest BCUT2D eigenvalue weighted by molar-refractivity contribution is 5.96. The summed E-state index contributed by atoms with van der Waals surface area (Å²) in [4.78, 5) is 28.0. The Morgan fingerprint density at radius 3 is 2.71 bits per heavy atom. The Hall–Kier alpha value is -2.14. The molecule has 1 aliphatic heterocycles. The average Bonchev–Trinajstić information content (AvgIpc) is 2.67. The van der Waals surface area contributed by atoms with Gasteiger partial charge >= 0.3 is 0 Å². The molecule has 0 spiro atoms. The molecule has 0 N–H and O–H groups in total. The van der Waals surface area contributed by atoms with Crippen LogP contribution >= 0.6 is 0 Å². The zero-order valence-corrected chi connectivity index (χ0v) is 12.2. The molecular formula is C16H20N2O3. The van der Waals surface area contributed by atoms with Gasteiger partial charge in [-0.3, -0.25) is 9.59 Å². The van der Waals surface area contributed by atoms with E-state index >= 15 is 0 Å². The third-order valence-corrected chi connectivity index (χ3v) is 3.52. The molecule has 0 aliphatic carbocycles. The van der Waals surface area contributed by atoms with Gasteiger partial charge < -0.3 is 14.5 Å². The van der Waals surface area contributed by atoms with Gasteiger partial charge in [0.05, 0.1) is 6.10 Å². The van der Waals surface area contributed by atoms with Gasteiger partial charge in [-0.1, -0.05) is 24.3 Å². The van der Waals surface area contributed by atoms with Crippen molar-refractivity contribution in [3.63, 3.8) is 0 Å². The van der Waals surface area contributed by atoms with Crippen molar-refractivity contribution in [3.8, 4) is 0 Å². The highest BCUT2D eigenvalue weighted by Crippen LogP contribution is 2.12. The number of hydrogen-bond acceptors (Lipinski definition) is 3. The molecule has 1 fully saturated rings. The van der Waals surface area contributed by atoms with Crippen LogP contribution in [-0.4, -0.2) is 61.0 Å². The van der Waals surface area contributed by atoms with Crippen molar-refractivity contribution in [1.29, 1.82) is 0 Å². The molecule has 1 aromatic rings. The van der Waals surface area contributed by atoms with Crippen molar-refractivity contribution in [2.24, 2.45) is 0 Å². The fourth-order valence-corrected chi connectivity index (χ4v) is 2.38. The Morgan fingerprint density at radius 1 is 1.38 bits per heavy atom. The summed E-state index contributed by atoms with van der Waals surface area (Å²) in [5.41, 5.74) is 0.581. The first kappa shape index (κ1) is 15.3. The normalized spacial score (nSPS) is 19.3. The van der Waals surface area contributed by atoms with E-state index in [4.69, 9.17) is 4.74 Å². The predicted octanol–water partition coefficient (Wildman–Crippen LogP) is 1.17. The zero-order valence-electron chi connectivity index (χ0n) is 12.2. The summed E-state index contributed by atoms with van der Waals surface area (Å²) < 4.78 is 5.39. The van der Waals surface area contributed by atoms with E-state index in [1.165, 1.54) is 0 Å². The maximum atomic E-state index is 12.5. The molecule has 1 aliphatic rings. The second-order valence-electron chi connectivity index (χ2n) is 5.00. The lowest BCUT2D eigenvalue weighted by atomic mass is 10.2. The minimum Gasteiger partial charge on any atom is -0.378 e. The molecular weight excluding hydrogens is 268 g/mol. The van der Waals surface area contributed by atoms with E-state index in [0.717, 1.165) is 0 Å². The van der Waals surface area contributed by atoms with E-state index in [-0.39, 0.29) is 24.5 Å². The second kappa shape index (κ2) is 7.04. The maximum Gasteiger partial charge on any atom is 0.254 e. The molecule has 0 saturated carbocycles. The number of benzene rings is 1. The van der Waals surface area contributed by atoms with Crippen LogP contribution in [0.3, 0.4) is 0 Å². The third kappa shape index (κ3) is 3.70. The molecule has 0 radical (unpaired) electrons. The lowest BCUT2D eigenvalue weighted by Gasteiger charge is -2.22. The van der Waals surface area contributed by atoms with Gasteiger partial charge in [0, 0.05) is 32.3 Å². The van der Waals surface area contributed by atoms with Gasteiger partial charge in [-0.2, -0.15) is 0 Å². The summed E-state index contributed by atoms with van der Waals surface area (Å²) in [6.07, 6.45) is 1.49. The molecule has 5 nitrogen and oxygen atoms in total. The van der Waals surface area contributed by atoms with Crippen LogP contribution in [0.4, 0.5) is 0 Å². The molecule has 1 unspecified atom stereocenters. The van der Waals surface area contributed by atoms with E-state index in [9.17, 15) is 9.59 Å². The van der Waals surface area contributed by atoms with Crippen molar-refractivity contribution in [2.45, 2.75) is 6.10 Å². The van der Waals surface area contributed by atoms with Crippen molar-refractivity contribution in [2.75, 3.05) is 33.3 Å². The third-order valence-electron chi connectivity index (χ3n) is 3.52. The predicted molar refractivity (Wildman–Crippen MR) is 79.9 cm³/mol. The maximum absolute atomic E-state index is 12.5. The molecule has 112 valence electrons. The van der Waals surface area contributed by atoms with E-state index in [2.05, 4.69) is 6.58 Å². The zero-order chi connectivity index (χ0) is 15.2. The van der Waals surface area contributed by atoms with Crippen molar-refractivity contribution in [3.05, 3.63) is 48.6 Å². The van der Waals surface area contributed by atoms with Crippen molar-refractivity contribution >= 4 is 11.8 Å². The number of ether oxygens (including phenoxy) is 1. The highest BCUT2D eigenvalue weighted by Gasteiger charge is 2.30. The van der Waals surface area contributed by atoms with Gasteiger partial charge in [-0.05, 0) is 12.1 Å². The summed E-state index contributed by atoms with van der Waals surface area (Å²) in [5, 5.41) is 0. The number of hydrogen-bond donors (Lipinski definition) is 0. The van der Waals surface area contributed by atoms with Crippen LogP contribution in [0.25, 0.3) is 0 Å². The summed E-state index contributed by atoms with van der Waals surface area (Å²) >= 11 is 0. The van der Waals surface area contributed by atoms with Gasteiger partial charge in [0.25, 0.3) is 5.91 Å². The van der Waals surface area contributed by atoms with E-state index in [1.54, 1.807) is 35.1 Å². The van der Waals surface area contributed by atoms with E-state index < -0.39 is 0 Å². The lowest BCUT2D eigenvalue weighted by Crippen LogP contribution is -2.39. The van der Waals surface area contributed by atoms with Gasteiger partial charge in [0.2, 0.25) is 5.91 Å². The topological polar surface area (TPSA) is 49.9 Å². The van der Waals surface area contributed by atoms with Gasteiger partial charge in [0.15, 0.2) is 0 Å². The SMILES string of the molecule is C=CCN1CC(OC)CN(C(=O)c2ccccc2)CC1=O. The number of nitrogens with zero attached hydrogens (tertiary/aromatic N) is 2. The number of carbonyl (C=O) groups excluding carboxylic acids is 2. The lowest BCUT2D eigenvalue weighted by molar-refractivity contribution is -0.130. The molecule has 1 saturated heterocycles. The monoisotopic (exact) mass is 288 g/mol. The quantitative estimate of drug-likeness (QED) is 0.782. The molecule has 1 atom stereocenters. The molecule has 0 bridgehead atoms. The summed E-state index contributed by atoms with van der Waals surface area (Å²) in [5.74, 6) is -0.231. The summed E-state index contributed by atoms with van der Waals surface area (Å²) in [6.45, 7) is 5.07. The number of methoxy groups -OCH3 is 1. The van der Waals surface area contributed by atoms with Gasteiger partial charge in [-0.15, -0.1) is 6.58 Å². The number of carbonyl (C=O) groups is 2. The van der Waals surface area contributed by atoms with Crippen molar-refractivity contribution < 1.29 is 14.3 Å². The Bertz CT molecular complexity index is 516. The minimum atomic E-state index is -0.191. The Kier molecular flexibility index (Phi) is 5.11. The summed E-state index contributed by atoms with van der Waals surface area (Å²) in [7, 11) is 1.59. The van der Waals surface area contributed by atoms with Crippen LogP contribution in [0.15, 0.2) is 43.0 Å². The van der Waals surface area contributed by atoms with Crippen LogP contribution in [0, 0.1) is 0 Å². The van der Waals surface area contributed by atoms with E-state index in [1.807, 2.05) is 18.2 Å².